The number of ether oxygens (including phenoxy) is 1. The van der Waals surface area contributed by atoms with Crippen molar-refractivity contribution >= 4 is 11.8 Å². The highest BCUT2D eigenvalue weighted by Crippen LogP contribution is 2.33. The second-order valence-electron chi connectivity index (χ2n) is 7.30. The van der Waals surface area contributed by atoms with Gasteiger partial charge in [0.2, 0.25) is 0 Å². The van der Waals surface area contributed by atoms with Crippen LogP contribution in [-0.2, 0) is 14.3 Å². The number of aliphatic hydroxyl groups is 1. The lowest BCUT2D eigenvalue weighted by Gasteiger charge is -2.16. The molecule has 0 radical (unpaired) electrons. The molecule has 0 aliphatic heterocycles. The van der Waals surface area contributed by atoms with E-state index in [2.05, 4.69) is 19.1 Å². The van der Waals surface area contributed by atoms with Crippen molar-refractivity contribution in [1.29, 1.82) is 0 Å². The summed E-state index contributed by atoms with van der Waals surface area (Å²) in [5, 5.41) is 17.9. The van der Waals surface area contributed by atoms with Gasteiger partial charge in [0.1, 0.15) is 5.78 Å². The van der Waals surface area contributed by atoms with E-state index in [1.54, 1.807) is 0 Å². The van der Waals surface area contributed by atoms with Crippen molar-refractivity contribution in [2.75, 3.05) is 6.61 Å². The molecule has 1 saturated carbocycles. The lowest BCUT2D eigenvalue weighted by atomic mass is 9.91. The first kappa shape index (κ1) is 23.6. The molecule has 154 valence electrons. The standard InChI is InChI=1S/C22H36O5/c1-3-5-11-18(27-4-2)12-9-10-17-15-16-20(23)19(17)13-7-6-8-14-21(24)22(25)26/h6-7,9-10,17-19,21,24H,3-5,8,11-16H2,1-2H3,(H,25,26)/t17-,18?,19+,21?/m0/s1. The number of ketones is 1. The fourth-order valence-corrected chi connectivity index (χ4v) is 3.55. The van der Waals surface area contributed by atoms with Crippen LogP contribution < -0.4 is 0 Å². The predicted octanol–water partition coefficient (Wildman–Crippen LogP) is 4.30. The van der Waals surface area contributed by atoms with Gasteiger partial charge >= 0.3 is 5.97 Å². The van der Waals surface area contributed by atoms with Gasteiger partial charge in [0.15, 0.2) is 6.10 Å². The minimum Gasteiger partial charge on any atom is -0.479 e. The molecule has 0 aromatic rings. The SMILES string of the molecule is CCCCC(CC=C[C@H]1CCC(=O)[C@@H]1CC=CCCC(O)C(=O)O)OCC. The summed E-state index contributed by atoms with van der Waals surface area (Å²) >= 11 is 0. The number of allylic oxidation sites excluding steroid dienone is 3. The van der Waals surface area contributed by atoms with Crippen molar-refractivity contribution < 1.29 is 24.5 Å². The fourth-order valence-electron chi connectivity index (χ4n) is 3.55. The van der Waals surface area contributed by atoms with E-state index in [4.69, 9.17) is 9.84 Å². The van der Waals surface area contributed by atoms with Crippen LogP contribution >= 0.6 is 0 Å². The maximum atomic E-state index is 12.2. The number of carbonyl (C=O) groups excluding carboxylic acids is 1. The third-order valence-corrected chi connectivity index (χ3v) is 5.17. The van der Waals surface area contributed by atoms with Crippen LogP contribution in [0.1, 0.15) is 71.6 Å². The molecule has 0 bridgehead atoms. The number of carbonyl (C=O) groups is 2. The van der Waals surface area contributed by atoms with Crippen molar-refractivity contribution in [2.45, 2.75) is 83.8 Å². The van der Waals surface area contributed by atoms with Gasteiger partial charge in [-0.15, -0.1) is 0 Å². The average Bonchev–Trinajstić information content (AvgIpc) is 2.99. The van der Waals surface area contributed by atoms with Gasteiger partial charge in [0, 0.05) is 18.9 Å². The number of unbranched alkanes of at least 4 members (excludes halogenated alkanes) is 1. The van der Waals surface area contributed by atoms with Gasteiger partial charge < -0.3 is 14.9 Å². The second-order valence-corrected chi connectivity index (χ2v) is 7.30. The Balaban J connectivity index is 2.45. The molecule has 1 fully saturated rings. The predicted molar refractivity (Wildman–Crippen MR) is 107 cm³/mol. The number of aliphatic carboxylic acids is 1. The van der Waals surface area contributed by atoms with Gasteiger partial charge in [-0.25, -0.2) is 4.79 Å². The van der Waals surface area contributed by atoms with Crippen molar-refractivity contribution in [2.24, 2.45) is 11.8 Å². The van der Waals surface area contributed by atoms with E-state index in [9.17, 15) is 14.7 Å². The van der Waals surface area contributed by atoms with E-state index in [1.165, 1.54) is 12.8 Å². The van der Waals surface area contributed by atoms with Crippen LogP contribution in [-0.4, -0.2) is 40.8 Å². The zero-order valence-corrected chi connectivity index (χ0v) is 16.8. The number of aliphatic hydroxyl groups excluding tert-OH is 1. The van der Waals surface area contributed by atoms with Gasteiger partial charge in [-0.1, -0.05) is 44.1 Å². The van der Waals surface area contributed by atoms with Crippen LogP contribution in [0.4, 0.5) is 0 Å². The highest BCUT2D eigenvalue weighted by molar-refractivity contribution is 5.83. The van der Waals surface area contributed by atoms with E-state index >= 15 is 0 Å². The van der Waals surface area contributed by atoms with Crippen LogP contribution in [0, 0.1) is 11.8 Å². The molecule has 0 spiro atoms. The van der Waals surface area contributed by atoms with Gasteiger partial charge in [0.05, 0.1) is 6.10 Å². The molecule has 5 nitrogen and oxygen atoms in total. The Morgan fingerprint density at radius 2 is 2.04 bits per heavy atom. The number of hydrogen-bond donors (Lipinski definition) is 2. The summed E-state index contributed by atoms with van der Waals surface area (Å²) in [4.78, 5) is 22.7. The number of rotatable bonds is 14. The molecule has 27 heavy (non-hydrogen) atoms. The maximum Gasteiger partial charge on any atom is 0.332 e. The molecule has 1 aliphatic carbocycles. The van der Waals surface area contributed by atoms with Crippen molar-refractivity contribution in [3.63, 3.8) is 0 Å². The summed E-state index contributed by atoms with van der Waals surface area (Å²) in [5.41, 5.74) is 0. The summed E-state index contributed by atoms with van der Waals surface area (Å²) in [6, 6.07) is 0. The lowest BCUT2D eigenvalue weighted by Crippen LogP contribution is -2.18. The molecule has 0 heterocycles. The van der Waals surface area contributed by atoms with E-state index in [1.807, 2.05) is 19.1 Å². The molecule has 2 N–H and O–H groups in total. The Morgan fingerprint density at radius 1 is 1.26 bits per heavy atom. The van der Waals surface area contributed by atoms with Gasteiger partial charge in [-0.2, -0.15) is 0 Å². The Bertz CT molecular complexity index is 497. The Labute approximate surface area is 163 Å². The molecule has 1 aliphatic rings. The third-order valence-electron chi connectivity index (χ3n) is 5.17. The van der Waals surface area contributed by atoms with Crippen LogP contribution in [0.5, 0.6) is 0 Å². The van der Waals surface area contributed by atoms with E-state index < -0.39 is 12.1 Å². The van der Waals surface area contributed by atoms with E-state index in [0.29, 0.717) is 25.0 Å². The number of carboxylic acids is 1. The zero-order valence-electron chi connectivity index (χ0n) is 16.8. The van der Waals surface area contributed by atoms with Crippen LogP contribution in [0.2, 0.25) is 0 Å². The molecule has 0 saturated heterocycles. The molecular formula is C22H36O5. The molecule has 2 unspecified atom stereocenters. The Morgan fingerprint density at radius 3 is 2.70 bits per heavy atom. The normalized spacial score (nSPS) is 22.7. The third kappa shape index (κ3) is 9.34. The van der Waals surface area contributed by atoms with Gasteiger partial charge in [0.25, 0.3) is 0 Å². The van der Waals surface area contributed by atoms with Crippen molar-refractivity contribution in [3.8, 4) is 0 Å². The summed E-state index contributed by atoms with van der Waals surface area (Å²) in [6.07, 6.45) is 14.4. The monoisotopic (exact) mass is 380 g/mol. The van der Waals surface area contributed by atoms with Crippen molar-refractivity contribution in [3.05, 3.63) is 24.3 Å². The topological polar surface area (TPSA) is 83.8 Å². The molecule has 0 aromatic carbocycles. The number of carboxylic acid groups (broad SMARTS) is 1. The molecule has 1 rings (SSSR count). The van der Waals surface area contributed by atoms with Crippen LogP contribution in [0.25, 0.3) is 0 Å². The highest BCUT2D eigenvalue weighted by atomic mass is 16.5. The number of Topliss-reactive ketones (excluding diaryl/α,β-unsaturated/α-hetero) is 1. The largest absolute Gasteiger partial charge is 0.479 e. The first-order chi connectivity index (χ1) is 13.0. The minimum absolute atomic E-state index is 0.0167. The molecule has 4 atom stereocenters. The summed E-state index contributed by atoms with van der Waals surface area (Å²) < 4.78 is 5.79. The summed E-state index contributed by atoms with van der Waals surface area (Å²) in [6.45, 7) is 4.94. The van der Waals surface area contributed by atoms with E-state index in [0.717, 1.165) is 25.9 Å². The number of hydrogen-bond acceptors (Lipinski definition) is 4. The van der Waals surface area contributed by atoms with Crippen LogP contribution in [0.15, 0.2) is 24.3 Å². The molecule has 0 aromatic heterocycles. The van der Waals surface area contributed by atoms with E-state index in [-0.39, 0.29) is 24.4 Å². The molecular weight excluding hydrogens is 344 g/mol. The average molecular weight is 381 g/mol. The molecule has 0 amide bonds. The zero-order chi connectivity index (χ0) is 20.1. The summed E-state index contributed by atoms with van der Waals surface area (Å²) in [7, 11) is 0. The minimum atomic E-state index is -1.32. The van der Waals surface area contributed by atoms with Crippen LogP contribution in [0.3, 0.4) is 0 Å². The quantitative estimate of drug-likeness (QED) is 0.439. The summed E-state index contributed by atoms with van der Waals surface area (Å²) in [5.74, 6) is -0.584. The first-order valence-corrected chi connectivity index (χ1v) is 10.4. The van der Waals surface area contributed by atoms with Gasteiger partial charge in [-0.3, -0.25) is 4.79 Å². The van der Waals surface area contributed by atoms with Crippen molar-refractivity contribution in [1.82, 2.24) is 0 Å². The molecule has 5 heteroatoms. The fraction of sp³-hybridized carbons (Fsp3) is 0.727. The van der Waals surface area contributed by atoms with Gasteiger partial charge in [-0.05, 0) is 51.4 Å². The highest BCUT2D eigenvalue weighted by Gasteiger charge is 2.31. The first-order valence-electron chi connectivity index (χ1n) is 10.4. The smallest absolute Gasteiger partial charge is 0.332 e. The second kappa shape index (κ2) is 13.7. The Kier molecular flexibility index (Phi) is 11.9. The lowest BCUT2D eigenvalue weighted by molar-refractivity contribution is -0.146. The Hall–Kier alpha value is -1.46. The maximum absolute atomic E-state index is 12.2.